The van der Waals surface area contributed by atoms with Gasteiger partial charge in [0.25, 0.3) is 0 Å². The van der Waals surface area contributed by atoms with Gasteiger partial charge in [-0.15, -0.1) is 0 Å². The third kappa shape index (κ3) is 6.49. The summed E-state index contributed by atoms with van der Waals surface area (Å²) in [5.74, 6) is 0.175. The minimum atomic E-state index is -1.40. The number of fused-ring (bicyclic) bond motifs is 1. The summed E-state index contributed by atoms with van der Waals surface area (Å²) in [4.78, 5) is 26.3. The molecule has 7 nitrogen and oxygen atoms in total. The maximum absolute atomic E-state index is 12.5. The van der Waals surface area contributed by atoms with E-state index in [0.717, 1.165) is 11.1 Å². The van der Waals surface area contributed by atoms with Gasteiger partial charge >= 0.3 is 12.0 Å². The molecule has 4 aromatic rings. The summed E-state index contributed by atoms with van der Waals surface area (Å²) in [5.41, 5.74) is 0.535. The molecule has 7 heteroatoms. The van der Waals surface area contributed by atoms with Gasteiger partial charge < -0.3 is 24.8 Å². The molecule has 2 amide bonds. The fourth-order valence-electron chi connectivity index (χ4n) is 4.83. The molecular weight excluding hydrogens is 492 g/mol. The molecule has 0 radical (unpaired) electrons. The average molecular weight is 525 g/mol. The van der Waals surface area contributed by atoms with E-state index in [1.54, 1.807) is 19.1 Å². The van der Waals surface area contributed by atoms with Crippen molar-refractivity contribution in [1.29, 1.82) is 0 Å². The smallest absolute Gasteiger partial charge is 0.348 e. The van der Waals surface area contributed by atoms with Crippen molar-refractivity contribution in [1.82, 2.24) is 10.2 Å². The molecule has 0 aliphatic carbocycles. The molecule has 2 atom stereocenters. The zero-order chi connectivity index (χ0) is 27.2. The van der Waals surface area contributed by atoms with Crippen LogP contribution < -0.4 is 14.8 Å². The third-order valence-electron chi connectivity index (χ3n) is 6.98. The highest BCUT2D eigenvalue weighted by atomic mass is 16.5. The van der Waals surface area contributed by atoms with Crippen LogP contribution in [0.4, 0.5) is 4.79 Å². The van der Waals surface area contributed by atoms with Gasteiger partial charge in [0.1, 0.15) is 11.5 Å². The Morgan fingerprint density at radius 2 is 1.62 bits per heavy atom. The van der Waals surface area contributed by atoms with Crippen LogP contribution in [0.3, 0.4) is 0 Å². The van der Waals surface area contributed by atoms with E-state index in [0.29, 0.717) is 37.6 Å². The van der Waals surface area contributed by atoms with Crippen LogP contribution in [0.25, 0.3) is 10.8 Å². The highest BCUT2D eigenvalue weighted by Gasteiger charge is 2.36. The largest absolute Gasteiger partial charge is 0.494 e. The van der Waals surface area contributed by atoms with E-state index in [9.17, 15) is 14.7 Å². The Morgan fingerprint density at radius 1 is 0.923 bits per heavy atom. The van der Waals surface area contributed by atoms with Gasteiger partial charge in [-0.25, -0.2) is 9.59 Å². The number of benzene rings is 4. The van der Waals surface area contributed by atoms with Crippen LogP contribution in [0, 0.1) is 0 Å². The predicted molar refractivity (Wildman–Crippen MR) is 150 cm³/mol. The molecule has 5 rings (SSSR count). The molecule has 200 valence electrons. The summed E-state index contributed by atoms with van der Waals surface area (Å²) in [6.07, 6.45) is 0.891. The third-order valence-corrected chi connectivity index (χ3v) is 6.98. The van der Waals surface area contributed by atoms with E-state index in [-0.39, 0.29) is 18.5 Å². The molecule has 39 heavy (non-hydrogen) atoms. The van der Waals surface area contributed by atoms with Crippen LogP contribution in [-0.4, -0.2) is 46.8 Å². The van der Waals surface area contributed by atoms with Crippen molar-refractivity contribution in [2.45, 2.75) is 38.0 Å². The van der Waals surface area contributed by atoms with Gasteiger partial charge in [0, 0.05) is 25.9 Å². The number of carbonyl (C=O) groups excluding carboxylic acids is 1. The summed E-state index contributed by atoms with van der Waals surface area (Å²) in [5, 5.41) is 15.2. The Hall–Kier alpha value is -4.52. The molecule has 0 saturated carbocycles. The normalized spacial score (nSPS) is 16.5. The molecule has 1 aliphatic rings. The highest BCUT2D eigenvalue weighted by Crippen LogP contribution is 2.24. The fraction of sp³-hybridized carbons (Fsp3) is 0.250. The van der Waals surface area contributed by atoms with Crippen molar-refractivity contribution in [2.24, 2.45) is 0 Å². The van der Waals surface area contributed by atoms with E-state index in [2.05, 4.69) is 35.6 Å². The number of para-hydroxylation sites is 1. The number of ether oxygens (including phenoxy) is 2. The van der Waals surface area contributed by atoms with Crippen LogP contribution >= 0.6 is 0 Å². The molecule has 1 heterocycles. The Morgan fingerprint density at radius 3 is 2.36 bits per heavy atom. The first-order chi connectivity index (χ1) is 18.9. The van der Waals surface area contributed by atoms with Gasteiger partial charge in [0.2, 0.25) is 5.60 Å². The highest BCUT2D eigenvalue weighted by molar-refractivity contribution is 5.83. The Kier molecular flexibility index (Phi) is 7.68. The first kappa shape index (κ1) is 26.1. The topological polar surface area (TPSA) is 88.1 Å². The SMILES string of the molecule is CC(Cc1ccc(OCCC2CN(Cc3ccc4ccccc4c3)C(=O)N2)cc1)(Oc1ccccc1)C(=O)O. The van der Waals surface area contributed by atoms with Crippen molar-refractivity contribution in [3.05, 3.63) is 108 Å². The lowest BCUT2D eigenvalue weighted by molar-refractivity contribution is -0.153. The summed E-state index contributed by atoms with van der Waals surface area (Å²) < 4.78 is 11.7. The van der Waals surface area contributed by atoms with Crippen molar-refractivity contribution in [3.63, 3.8) is 0 Å². The van der Waals surface area contributed by atoms with Gasteiger partial charge in [-0.1, -0.05) is 66.7 Å². The number of carboxylic acids is 1. The van der Waals surface area contributed by atoms with Crippen molar-refractivity contribution >= 4 is 22.8 Å². The predicted octanol–water partition coefficient (Wildman–Crippen LogP) is 5.67. The van der Waals surface area contributed by atoms with Crippen molar-refractivity contribution < 1.29 is 24.2 Å². The molecule has 1 aliphatic heterocycles. The second-order valence-electron chi connectivity index (χ2n) is 10.1. The molecule has 0 aromatic heterocycles. The standard InChI is InChI=1S/C32H32N2O5/c1-32(30(35)36,39-29-9-3-2-4-10-29)20-23-12-15-28(16-13-23)38-18-17-27-22-34(31(37)33-27)21-24-11-14-25-7-5-6-8-26(25)19-24/h2-16,19,27H,17-18,20-22H2,1H3,(H,33,37)(H,35,36). The number of hydrogen-bond donors (Lipinski definition) is 2. The number of amides is 2. The quantitative estimate of drug-likeness (QED) is 0.264. The van der Waals surface area contributed by atoms with E-state index in [1.807, 2.05) is 59.5 Å². The number of nitrogens with zero attached hydrogens (tertiary/aromatic N) is 1. The average Bonchev–Trinajstić information content (AvgIpc) is 3.28. The number of urea groups is 1. The second-order valence-corrected chi connectivity index (χ2v) is 10.1. The second kappa shape index (κ2) is 11.5. The van der Waals surface area contributed by atoms with Gasteiger partial charge in [0.15, 0.2) is 0 Å². The number of carboxylic acid groups (broad SMARTS) is 1. The van der Waals surface area contributed by atoms with Crippen LogP contribution in [-0.2, 0) is 17.8 Å². The maximum atomic E-state index is 12.5. The fourth-order valence-corrected chi connectivity index (χ4v) is 4.83. The van der Waals surface area contributed by atoms with Gasteiger partial charge in [-0.2, -0.15) is 0 Å². The molecule has 4 aromatic carbocycles. The lowest BCUT2D eigenvalue weighted by Crippen LogP contribution is -2.43. The van der Waals surface area contributed by atoms with Crippen LogP contribution in [0.5, 0.6) is 11.5 Å². The van der Waals surface area contributed by atoms with E-state index < -0.39 is 11.6 Å². The van der Waals surface area contributed by atoms with E-state index in [1.165, 1.54) is 10.8 Å². The summed E-state index contributed by atoms with van der Waals surface area (Å²) >= 11 is 0. The summed E-state index contributed by atoms with van der Waals surface area (Å²) in [6.45, 7) is 3.23. The van der Waals surface area contributed by atoms with Gasteiger partial charge in [0.05, 0.1) is 12.6 Å². The van der Waals surface area contributed by atoms with Crippen LogP contribution in [0.1, 0.15) is 24.5 Å². The Bertz CT molecular complexity index is 1440. The number of aliphatic carboxylic acids is 1. The zero-order valence-electron chi connectivity index (χ0n) is 21.9. The summed E-state index contributed by atoms with van der Waals surface area (Å²) in [6, 6.07) is 30.8. The van der Waals surface area contributed by atoms with Crippen molar-refractivity contribution in [3.8, 4) is 11.5 Å². The lowest BCUT2D eigenvalue weighted by Gasteiger charge is -2.26. The Labute approximate surface area is 228 Å². The Balaban J connectivity index is 1.10. The molecule has 1 saturated heterocycles. The van der Waals surface area contributed by atoms with E-state index in [4.69, 9.17) is 9.47 Å². The van der Waals surface area contributed by atoms with Crippen molar-refractivity contribution in [2.75, 3.05) is 13.2 Å². The molecule has 2 N–H and O–H groups in total. The molecule has 2 unspecified atom stereocenters. The van der Waals surface area contributed by atoms with Gasteiger partial charge in [-0.05, 0) is 59.2 Å². The molecular formula is C32H32N2O5. The monoisotopic (exact) mass is 524 g/mol. The van der Waals surface area contributed by atoms with E-state index >= 15 is 0 Å². The first-order valence-electron chi connectivity index (χ1n) is 13.1. The van der Waals surface area contributed by atoms with Gasteiger partial charge in [-0.3, -0.25) is 0 Å². The number of rotatable bonds is 11. The maximum Gasteiger partial charge on any atom is 0.348 e. The minimum absolute atomic E-state index is 0.0173. The summed E-state index contributed by atoms with van der Waals surface area (Å²) in [7, 11) is 0. The first-order valence-corrected chi connectivity index (χ1v) is 13.1. The molecule has 0 spiro atoms. The molecule has 1 fully saturated rings. The lowest BCUT2D eigenvalue weighted by atomic mass is 9.96. The number of carbonyl (C=O) groups is 2. The minimum Gasteiger partial charge on any atom is -0.494 e. The number of nitrogens with one attached hydrogen (secondary N) is 1. The molecule has 0 bridgehead atoms. The zero-order valence-corrected chi connectivity index (χ0v) is 21.9. The van der Waals surface area contributed by atoms with Crippen LogP contribution in [0.2, 0.25) is 0 Å². The number of hydrogen-bond acceptors (Lipinski definition) is 4. The van der Waals surface area contributed by atoms with Crippen LogP contribution in [0.15, 0.2) is 97.1 Å².